The minimum atomic E-state index is 0.106. The molecule has 0 amide bonds. The summed E-state index contributed by atoms with van der Waals surface area (Å²) in [6, 6.07) is 4.15. The second-order valence-corrected chi connectivity index (χ2v) is 5.28. The van der Waals surface area contributed by atoms with Gasteiger partial charge in [-0.1, -0.05) is 39.8 Å². The van der Waals surface area contributed by atoms with Crippen LogP contribution >= 0.6 is 0 Å². The Balaban J connectivity index is 3.34. The molecule has 0 unspecified atom stereocenters. The van der Waals surface area contributed by atoms with Gasteiger partial charge in [0.25, 0.3) is 0 Å². The lowest BCUT2D eigenvalue weighted by Gasteiger charge is -2.32. The Hall–Kier alpha value is -0.980. The van der Waals surface area contributed by atoms with Crippen molar-refractivity contribution < 1.29 is 5.11 Å². The number of hydrogen-bond donors (Lipinski definition) is 1. The van der Waals surface area contributed by atoms with Gasteiger partial charge in [0.15, 0.2) is 0 Å². The largest absolute Gasteiger partial charge is 0.507 e. The highest BCUT2D eigenvalue weighted by Crippen LogP contribution is 2.37. The van der Waals surface area contributed by atoms with Gasteiger partial charge in [-0.15, -0.1) is 0 Å². The number of rotatable bonds is 2. The van der Waals surface area contributed by atoms with Crippen LogP contribution in [0.2, 0.25) is 0 Å². The molecule has 0 saturated heterocycles. The van der Waals surface area contributed by atoms with Crippen LogP contribution in [0.5, 0.6) is 5.75 Å². The van der Waals surface area contributed by atoms with Gasteiger partial charge in [0.05, 0.1) is 0 Å². The summed E-state index contributed by atoms with van der Waals surface area (Å²) in [6.07, 6.45) is 0. The molecule has 0 heterocycles. The van der Waals surface area contributed by atoms with E-state index in [9.17, 15) is 5.11 Å². The van der Waals surface area contributed by atoms with E-state index in [0.717, 1.165) is 11.1 Å². The molecule has 0 atom stereocenters. The van der Waals surface area contributed by atoms with Crippen molar-refractivity contribution in [2.75, 3.05) is 0 Å². The van der Waals surface area contributed by atoms with Crippen molar-refractivity contribution in [3.05, 3.63) is 28.8 Å². The SMILES string of the molecule is Cc1ccc(C(C)(C)C(C)C)c(C)c1O. The van der Waals surface area contributed by atoms with Crippen molar-refractivity contribution >= 4 is 0 Å². The number of aromatic hydroxyl groups is 1. The lowest BCUT2D eigenvalue weighted by Crippen LogP contribution is -2.25. The summed E-state index contributed by atoms with van der Waals surface area (Å²) in [6.45, 7) is 12.8. The van der Waals surface area contributed by atoms with Gasteiger partial charge in [0.2, 0.25) is 0 Å². The topological polar surface area (TPSA) is 20.2 Å². The Morgan fingerprint density at radius 3 is 2.13 bits per heavy atom. The Morgan fingerprint density at radius 1 is 1.13 bits per heavy atom. The van der Waals surface area contributed by atoms with Gasteiger partial charge in [-0.2, -0.15) is 0 Å². The number of phenolic OH excluding ortho intramolecular Hbond substituents is 1. The van der Waals surface area contributed by atoms with E-state index >= 15 is 0 Å². The molecule has 0 aromatic heterocycles. The van der Waals surface area contributed by atoms with E-state index in [0.29, 0.717) is 11.7 Å². The van der Waals surface area contributed by atoms with Crippen molar-refractivity contribution in [3.8, 4) is 5.75 Å². The van der Waals surface area contributed by atoms with Crippen LogP contribution in [0.4, 0.5) is 0 Å². The Kier molecular flexibility index (Phi) is 3.13. The molecule has 0 radical (unpaired) electrons. The first-order valence-corrected chi connectivity index (χ1v) is 5.58. The fraction of sp³-hybridized carbons (Fsp3) is 0.571. The van der Waals surface area contributed by atoms with Gasteiger partial charge < -0.3 is 5.11 Å². The molecule has 15 heavy (non-hydrogen) atoms. The maximum atomic E-state index is 9.93. The summed E-state index contributed by atoms with van der Waals surface area (Å²) in [5.41, 5.74) is 3.33. The summed E-state index contributed by atoms with van der Waals surface area (Å²) in [5, 5.41) is 9.93. The molecule has 1 aromatic rings. The number of hydrogen-bond acceptors (Lipinski definition) is 1. The predicted molar refractivity (Wildman–Crippen MR) is 65.4 cm³/mol. The summed E-state index contributed by atoms with van der Waals surface area (Å²) in [4.78, 5) is 0. The maximum Gasteiger partial charge on any atom is 0.121 e. The van der Waals surface area contributed by atoms with Crippen LogP contribution in [0.25, 0.3) is 0 Å². The van der Waals surface area contributed by atoms with Crippen molar-refractivity contribution in [3.63, 3.8) is 0 Å². The molecule has 1 rings (SSSR count). The van der Waals surface area contributed by atoms with Crippen LogP contribution in [-0.2, 0) is 5.41 Å². The fourth-order valence-corrected chi connectivity index (χ4v) is 1.84. The average Bonchev–Trinajstić information content (AvgIpc) is 2.13. The predicted octanol–water partition coefficient (Wildman–Crippen LogP) is 3.94. The molecule has 1 heteroatoms. The minimum absolute atomic E-state index is 0.106. The highest BCUT2D eigenvalue weighted by Gasteiger charge is 2.27. The van der Waals surface area contributed by atoms with Gasteiger partial charge >= 0.3 is 0 Å². The molecule has 0 fully saturated rings. The molecule has 0 saturated carbocycles. The van der Waals surface area contributed by atoms with E-state index in [2.05, 4.69) is 33.8 Å². The Bertz CT molecular complexity index is 362. The molecular formula is C14H22O. The third-order valence-electron chi connectivity index (χ3n) is 3.77. The third-order valence-corrected chi connectivity index (χ3v) is 3.77. The zero-order valence-corrected chi connectivity index (χ0v) is 10.7. The average molecular weight is 206 g/mol. The zero-order valence-electron chi connectivity index (χ0n) is 10.7. The molecule has 0 spiro atoms. The maximum absolute atomic E-state index is 9.93. The standard InChI is InChI=1S/C14H22O/c1-9(2)14(5,6)12-8-7-10(3)13(15)11(12)4/h7-9,15H,1-6H3. The number of phenols is 1. The van der Waals surface area contributed by atoms with Crippen molar-refractivity contribution in [2.24, 2.45) is 5.92 Å². The molecule has 0 aliphatic heterocycles. The van der Waals surface area contributed by atoms with Crippen LogP contribution in [-0.4, -0.2) is 5.11 Å². The van der Waals surface area contributed by atoms with E-state index in [1.165, 1.54) is 5.56 Å². The van der Waals surface area contributed by atoms with Crippen molar-refractivity contribution in [1.82, 2.24) is 0 Å². The normalized spacial score (nSPS) is 12.2. The first kappa shape index (κ1) is 12.1. The number of benzene rings is 1. The molecule has 1 nitrogen and oxygen atoms in total. The first-order valence-electron chi connectivity index (χ1n) is 5.58. The second-order valence-electron chi connectivity index (χ2n) is 5.28. The van der Waals surface area contributed by atoms with Crippen molar-refractivity contribution in [2.45, 2.75) is 47.0 Å². The molecule has 1 N–H and O–H groups in total. The molecular weight excluding hydrogens is 184 g/mol. The highest BCUT2D eigenvalue weighted by molar-refractivity contribution is 5.46. The van der Waals surface area contributed by atoms with Crippen LogP contribution in [0.3, 0.4) is 0 Å². The summed E-state index contributed by atoms with van der Waals surface area (Å²) < 4.78 is 0. The van der Waals surface area contributed by atoms with Crippen LogP contribution in [0.1, 0.15) is 44.4 Å². The molecule has 1 aromatic carbocycles. The van der Waals surface area contributed by atoms with E-state index in [1.807, 2.05) is 19.9 Å². The van der Waals surface area contributed by atoms with Crippen LogP contribution < -0.4 is 0 Å². The van der Waals surface area contributed by atoms with Gasteiger partial charge in [0, 0.05) is 0 Å². The lowest BCUT2D eigenvalue weighted by molar-refractivity contribution is 0.367. The third kappa shape index (κ3) is 2.01. The molecule has 0 aliphatic rings. The summed E-state index contributed by atoms with van der Waals surface area (Å²) in [5.74, 6) is 1.000. The van der Waals surface area contributed by atoms with Gasteiger partial charge in [-0.25, -0.2) is 0 Å². The van der Waals surface area contributed by atoms with E-state index in [1.54, 1.807) is 0 Å². The zero-order chi connectivity index (χ0) is 11.8. The second kappa shape index (κ2) is 3.88. The van der Waals surface area contributed by atoms with Gasteiger partial charge in [-0.3, -0.25) is 0 Å². The van der Waals surface area contributed by atoms with Crippen LogP contribution in [0.15, 0.2) is 12.1 Å². The molecule has 0 bridgehead atoms. The van der Waals surface area contributed by atoms with E-state index < -0.39 is 0 Å². The van der Waals surface area contributed by atoms with Gasteiger partial charge in [-0.05, 0) is 41.9 Å². The quantitative estimate of drug-likeness (QED) is 0.777. The Morgan fingerprint density at radius 2 is 1.67 bits per heavy atom. The lowest BCUT2D eigenvalue weighted by atomic mass is 9.73. The monoisotopic (exact) mass is 206 g/mol. The van der Waals surface area contributed by atoms with E-state index in [-0.39, 0.29) is 5.41 Å². The highest BCUT2D eigenvalue weighted by atomic mass is 16.3. The minimum Gasteiger partial charge on any atom is -0.507 e. The van der Waals surface area contributed by atoms with Gasteiger partial charge in [0.1, 0.15) is 5.75 Å². The van der Waals surface area contributed by atoms with Crippen LogP contribution in [0, 0.1) is 19.8 Å². The summed E-state index contributed by atoms with van der Waals surface area (Å²) in [7, 11) is 0. The Labute approximate surface area is 93.1 Å². The smallest absolute Gasteiger partial charge is 0.121 e. The molecule has 84 valence electrons. The first-order chi connectivity index (χ1) is 6.78. The number of aryl methyl sites for hydroxylation is 1. The van der Waals surface area contributed by atoms with Crippen molar-refractivity contribution in [1.29, 1.82) is 0 Å². The summed E-state index contributed by atoms with van der Waals surface area (Å²) >= 11 is 0. The molecule has 0 aliphatic carbocycles. The van der Waals surface area contributed by atoms with E-state index in [4.69, 9.17) is 0 Å². The fourth-order valence-electron chi connectivity index (χ4n) is 1.84.